The summed E-state index contributed by atoms with van der Waals surface area (Å²) in [5.74, 6) is 0.721. The molecule has 124 valence electrons. The lowest BCUT2D eigenvalue weighted by atomic mass is 10.1. The summed E-state index contributed by atoms with van der Waals surface area (Å²) in [5.41, 5.74) is -0.541. The monoisotopic (exact) mass is 345 g/mol. The number of hydrogen-bond donors (Lipinski definition) is 1. The van der Waals surface area contributed by atoms with E-state index < -0.39 is 11.7 Å². The average molecular weight is 346 g/mol. The number of nitrogens with zero attached hydrogens (tertiary/aromatic N) is 2. The zero-order chi connectivity index (χ0) is 17.0. The molecular formula is C15H15ClF3N3O. The molecule has 0 spiro atoms. The van der Waals surface area contributed by atoms with Gasteiger partial charge in [0.25, 0.3) is 5.89 Å². The molecule has 0 bridgehead atoms. The molecule has 4 nitrogen and oxygen atoms in total. The standard InChI is InChI=1S/C15H15ClF3N3O/c1-9(20-2)7-13-21-14(23-22-13)6-3-10-8-11(15(17,18)19)4-5-12(10)16/h3-6,8-9,20H,7H2,1-2H3/b6-3+. The van der Waals surface area contributed by atoms with Crippen molar-refractivity contribution in [1.82, 2.24) is 15.5 Å². The Bertz CT molecular complexity index is 698. The van der Waals surface area contributed by atoms with Crippen LogP contribution in [0.4, 0.5) is 13.2 Å². The third kappa shape index (κ3) is 4.80. The molecule has 8 heteroatoms. The highest BCUT2D eigenvalue weighted by molar-refractivity contribution is 6.32. The Morgan fingerprint density at radius 3 is 2.74 bits per heavy atom. The fourth-order valence-corrected chi connectivity index (χ4v) is 1.98. The van der Waals surface area contributed by atoms with E-state index in [9.17, 15) is 13.2 Å². The average Bonchev–Trinajstić information content (AvgIpc) is 2.92. The third-order valence-corrected chi connectivity index (χ3v) is 3.54. The number of aromatic nitrogens is 2. The molecule has 1 atom stereocenters. The molecule has 0 aliphatic heterocycles. The van der Waals surface area contributed by atoms with Crippen molar-refractivity contribution in [2.45, 2.75) is 25.6 Å². The highest BCUT2D eigenvalue weighted by Crippen LogP contribution is 2.32. The van der Waals surface area contributed by atoms with Crippen molar-refractivity contribution >= 4 is 23.8 Å². The zero-order valence-electron chi connectivity index (χ0n) is 12.5. The van der Waals surface area contributed by atoms with Gasteiger partial charge in [0.15, 0.2) is 5.82 Å². The van der Waals surface area contributed by atoms with Gasteiger partial charge in [0.05, 0.1) is 5.56 Å². The van der Waals surface area contributed by atoms with Crippen molar-refractivity contribution in [3.63, 3.8) is 0 Å². The van der Waals surface area contributed by atoms with Crippen LogP contribution in [0.5, 0.6) is 0 Å². The predicted octanol–water partition coefficient (Wildman–Crippen LogP) is 4.06. The van der Waals surface area contributed by atoms with E-state index in [4.69, 9.17) is 16.1 Å². The number of hydrogen-bond acceptors (Lipinski definition) is 4. The molecule has 1 heterocycles. The van der Waals surface area contributed by atoms with Crippen molar-refractivity contribution < 1.29 is 17.7 Å². The molecular weight excluding hydrogens is 331 g/mol. The molecule has 0 saturated carbocycles. The highest BCUT2D eigenvalue weighted by atomic mass is 35.5. The van der Waals surface area contributed by atoms with Crippen molar-refractivity contribution in [1.29, 1.82) is 0 Å². The maximum absolute atomic E-state index is 12.7. The summed E-state index contributed by atoms with van der Waals surface area (Å²) >= 11 is 5.91. The molecule has 0 fully saturated rings. The van der Waals surface area contributed by atoms with E-state index in [2.05, 4.69) is 15.5 Å². The largest absolute Gasteiger partial charge is 0.416 e. The lowest BCUT2D eigenvalue weighted by molar-refractivity contribution is -0.137. The molecule has 1 N–H and O–H groups in total. The molecule has 0 aliphatic carbocycles. The van der Waals surface area contributed by atoms with Crippen LogP contribution in [0.15, 0.2) is 22.7 Å². The maximum Gasteiger partial charge on any atom is 0.416 e. The quantitative estimate of drug-likeness (QED) is 0.887. The van der Waals surface area contributed by atoms with E-state index in [1.807, 2.05) is 14.0 Å². The molecule has 0 radical (unpaired) electrons. The van der Waals surface area contributed by atoms with E-state index in [0.717, 1.165) is 12.1 Å². The van der Waals surface area contributed by atoms with E-state index in [1.54, 1.807) is 0 Å². The van der Waals surface area contributed by atoms with Gasteiger partial charge in [0.1, 0.15) is 0 Å². The first-order valence-electron chi connectivity index (χ1n) is 6.84. The van der Waals surface area contributed by atoms with E-state index in [-0.39, 0.29) is 22.5 Å². The third-order valence-electron chi connectivity index (χ3n) is 3.19. The number of likely N-dealkylation sites (N-methyl/N-ethyl adjacent to an activating group) is 1. The first kappa shape index (κ1) is 17.5. The minimum Gasteiger partial charge on any atom is -0.335 e. The Morgan fingerprint density at radius 2 is 2.09 bits per heavy atom. The molecule has 23 heavy (non-hydrogen) atoms. The summed E-state index contributed by atoms with van der Waals surface area (Å²) in [6.07, 6.45) is -0.995. The number of nitrogens with one attached hydrogen (secondary N) is 1. The van der Waals surface area contributed by atoms with Crippen LogP contribution in [-0.4, -0.2) is 23.2 Å². The number of halogens is 4. The first-order chi connectivity index (χ1) is 10.8. The minimum absolute atomic E-state index is 0.183. The molecule has 2 aromatic rings. The van der Waals surface area contributed by atoms with Gasteiger partial charge >= 0.3 is 6.18 Å². The van der Waals surface area contributed by atoms with E-state index in [1.165, 1.54) is 18.2 Å². The zero-order valence-corrected chi connectivity index (χ0v) is 13.2. The van der Waals surface area contributed by atoms with Gasteiger partial charge in [-0.05, 0) is 43.8 Å². The van der Waals surface area contributed by atoms with Crippen molar-refractivity contribution in [2.75, 3.05) is 7.05 Å². The van der Waals surface area contributed by atoms with Crippen LogP contribution in [-0.2, 0) is 12.6 Å². The van der Waals surface area contributed by atoms with Crippen LogP contribution in [0.25, 0.3) is 12.2 Å². The number of rotatable bonds is 5. The van der Waals surface area contributed by atoms with Gasteiger partial charge < -0.3 is 9.84 Å². The minimum atomic E-state index is -4.42. The predicted molar refractivity (Wildman–Crippen MR) is 81.9 cm³/mol. The van der Waals surface area contributed by atoms with Gasteiger partial charge in [0.2, 0.25) is 0 Å². The molecule has 0 aliphatic rings. The summed E-state index contributed by atoms with van der Waals surface area (Å²) in [7, 11) is 1.82. The summed E-state index contributed by atoms with van der Waals surface area (Å²) in [6, 6.07) is 3.29. The fraction of sp³-hybridized carbons (Fsp3) is 0.333. The van der Waals surface area contributed by atoms with Gasteiger partial charge in [-0.25, -0.2) is 0 Å². The van der Waals surface area contributed by atoms with Gasteiger partial charge in [0, 0.05) is 23.6 Å². The molecule has 0 amide bonds. The summed E-state index contributed by atoms with van der Waals surface area (Å²) < 4.78 is 43.1. The highest BCUT2D eigenvalue weighted by Gasteiger charge is 2.30. The van der Waals surface area contributed by atoms with Crippen LogP contribution in [0.1, 0.15) is 29.8 Å². The maximum atomic E-state index is 12.7. The molecule has 1 unspecified atom stereocenters. The van der Waals surface area contributed by atoms with Crippen molar-refractivity contribution in [3.8, 4) is 0 Å². The molecule has 1 aromatic carbocycles. The SMILES string of the molecule is CNC(C)Cc1noc(/C=C/c2cc(C(F)(F)F)ccc2Cl)n1. The Labute approximate surface area is 136 Å². The second-order valence-corrected chi connectivity index (χ2v) is 5.42. The number of benzene rings is 1. The topological polar surface area (TPSA) is 51.0 Å². The van der Waals surface area contributed by atoms with Crippen LogP contribution in [0, 0.1) is 0 Å². The molecule has 1 aromatic heterocycles. The Balaban J connectivity index is 2.17. The smallest absolute Gasteiger partial charge is 0.335 e. The lowest BCUT2D eigenvalue weighted by Crippen LogP contribution is -2.24. The Kier molecular flexibility index (Phi) is 5.43. The van der Waals surface area contributed by atoms with Crippen LogP contribution in [0.3, 0.4) is 0 Å². The second-order valence-electron chi connectivity index (χ2n) is 5.01. The van der Waals surface area contributed by atoms with Gasteiger partial charge in [-0.15, -0.1) is 0 Å². The van der Waals surface area contributed by atoms with E-state index in [0.29, 0.717) is 12.2 Å². The van der Waals surface area contributed by atoms with Crippen molar-refractivity contribution in [3.05, 3.63) is 46.1 Å². The first-order valence-corrected chi connectivity index (χ1v) is 7.22. The van der Waals surface area contributed by atoms with Crippen molar-refractivity contribution in [2.24, 2.45) is 0 Å². The summed E-state index contributed by atoms with van der Waals surface area (Å²) in [5, 5.41) is 7.06. The Hall–Kier alpha value is -1.86. The van der Waals surface area contributed by atoms with Gasteiger partial charge in [-0.2, -0.15) is 18.2 Å². The van der Waals surface area contributed by atoms with Crippen LogP contribution in [0.2, 0.25) is 5.02 Å². The number of alkyl halides is 3. The fourth-order valence-electron chi connectivity index (χ4n) is 1.80. The molecule has 2 rings (SSSR count). The van der Waals surface area contributed by atoms with E-state index >= 15 is 0 Å². The van der Waals surface area contributed by atoms with Crippen LogP contribution < -0.4 is 5.32 Å². The summed E-state index contributed by atoms with van der Waals surface area (Å²) in [6.45, 7) is 1.97. The summed E-state index contributed by atoms with van der Waals surface area (Å²) in [4.78, 5) is 4.14. The normalized spacial score (nSPS) is 13.7. The van der Waals surface area contributed by atoms with Gasteiger partial charge in [-0.1, -0.05) is 16.8 Å². The second kappa shape index (κ2) is 7.14. The Morgan fingerprint density at radius 1 is 1.35 bits per heavy atom. The lowest BCUT2D eigenvalue weighted by Gasteiger charge is -2.08. The van der Waals surface area contributed by atoms with Gasteiger partial charge in [-0.3, -0.25) is 0 Å². The molecule has 0 saturated heterocycles. The van der Waals surface area contributed by atoms with Crippen LogP contribution >= 0.6 is 11.6 Å².